The zero-order chi connectivity index (χ0) is 14.8. The highest BCUT2D eigenvalue weighted by Gasteiger charge is 2.05. The maximum absolute atomic E-state index is 6.02. The van der Waals surface area contributed by atoms with Gasteiger partial charge in [-0.2, -0.15) is 0 Å². The summed E-state index contributed by atoms with van der Waals surface area (Å²) in [6.45, 7) is 2.68. The van der Waals surface area contributed by atoms with Crippen molar-refractivity contribution in [3.05, 3.63) is 64.9 Å². The summed E-state index contributed by atoms with van der Waals surface area (Å²) in [5.74, 6) is 0. The normalized spacial score (nSPS) is 10.8. The number of benzene rings is 2. The lowest BCUT2D eigenvalue weighted by atomic mass is 10.1. The van der Waals surface area contributed by atoms with Gasteiger partial charge in [0.05, 0.1) is 0 Å². The highest BCUT2D eigenvalue weighted by Crippen LogP contribution is 2.28. The van der Waals surface area contributed by atoms with E-state index in [4.69, 9.17) is 17.3 Å². The fourth-order valence-corrected chi connectivity index (χ4v) is 2.58. The van der Waals surface area contributed by atoms with Gasteiger partial charge >= 0.3 is 0 Å². The molecule has 1 aromatic heterocycles. The van der Waals surface area contributed by atoms with E-state index in [0.717, 1.165) is 38.4 Å². The van der Waals surface area contributed by atoms with E-state index in [1.165, 1.54) is 0 Å². The average molecular weight is 298 g/mol. The molecule has 3 nitrogen and oxygen atoms in total. The van der Waals surface area contributed by atoms with E-state index in [0.29, 0.717) is 6.54 Å². The van der Waals surface area contributed by atoms with Crippen molar-refractivity contribution in [1.82, 2.24) is 4.98 Å². The van der Waals surface area contributed by atoms with Crippen molar-refractivity contribution >= 4 is 33.7 Å². The molecule has 3 aromatic rings. The number of rotatable bonds is 3. The van der Waals surface area contributed by atoms with Crippen LogP contribution in [0.3, 0.4) is 0 Å². The maximum atomic E-state index is 6.02. The first kappa shape index (κ1) is 13.7. The summed E-state index contributed by atoms with van der Waals surface area (Å²) < 4.78 is 0. The Labute approximate surface area is 128 Å². The minimum atomic E-state index is 0.709. The minimum absolute atomic E-state index is 0.709. The van der Waals surface area contributed by atoms with E-state index in [1.807, 2.05) is 55.6 Å². The molecule has 0 unspecified atom stereocenters. The Morgan fingerprint density at radius 3 is 2.81 bits per heavy atom. The first-order valence-electron chi connectivity index (χ1n) is 6.76. The Kier molecular flexibility index (Phi) is 3.67. The maximum Gasteiger partial charge on any atom is 0.0425 e. The summed E-state index contributed by atoms with van der Waals surface area (Å²) in [5, 5.41) is 6.25. The van der Waals surface area contributed by atoms with Crippen LogP contribution in [0.15, 0.2) is 48.7 Å². The molecule has 21 heavy (non-hydrogen) atoms. The van der Waals surface area contributed by atoms with Gasteiger partial charge < -0.3 is 11.1 Å². The van der Waals surface area contributed by atoms with Crippen LogP contribution in [0.4, 0.5) is 11.4 Å². The lowest BCUT2D eigenvalue weighted by Crippen LogP contribution is -2.01. The highest BCUT2D eigenvalue weighted by atomic mass is 35.5. The van der Waals surface area contributed by atoms with Gasteiger partial charge in [0.15, 0.2) is 0 Å². The summed E-state index contributed by atoms with van der Waals surface area (Å²) in [6, 6.07) is 13.8. The summed E-state index contributed by atoms with van der Waals surface area (Å²) in [4.78, 5) is 4.31. The molecule has 0 bridgehead atoms. The van der Waals surface area contributed by atoms with Crippen molar-refractivity contribution in [3.63, 3.8) is 0 Å². The molecule has 4 heteroatoms. The zero-order valence-electron chi connectivity index (χ0n) is 11.7. The van der Waals surface area contributed by atoms with Crippen LogP contribution < -0.4 is 11.1 Å². The number of nitrogens with one attached hydrogen (secondary N) is 1. The lowest BCUT2D eigenvalue weighted by Gasteiger charge is -2.12. The summed E-state index contributed by atoms with van der Waals surface area (Å²) in [5.41, 5.74) is 9.91. The third-order valence-electron chi connectivity index (χ3n) is 3.44. The predicted molar refractivity (Wildman–Crippen MR) is 89.7 cm³/mol. The lowest BCUT2D eigenvalue weighted by molar-refractivity contribution is 1.15. The summed E-state index contributed by atoms with van der Waals surface area (Å²) in [6.07, 6.45) is 1.82. The monoisotopic (exact) mass is 297 g/mol. The molecule has 3 rings (SSSR count). The molecule has 3 N–H and O–H groups in total. The SMILES string of the molecule is Cc1cc2c(NCc3cccc(Cl)c3)ccc(N)c2cn1. The molecule has 0 saturated heterocycles. The van der Waals surface area contributed by atoms with E-state index in [2.05, 4.69) is 10.3 Å². The smallest absolute Gasteiger partial charge is 0.0425 e. The molecule has 0 atom stereocenters. The molecule has 106 valence electrons. The number of pyridine rings is 1. The van der Waals surface area contributed by atoms with Crippen LogP contribution in [0.5, 0.6) is 0 Å². The van der Waals surface area contributed by atoms with Crippen LogP contribution >= 0.6 is 11.6 Å². The van der Waals surface area contributed by atoms with E-state index in [1.54, 1.807) is 0 Å². The van der Waals surface area contributed by atoms with E-state index >= 15 is 0 Å². The number of nitrogens with zero attached hydrogens (tertiary/aromatic N) is 1. The highest BCUT2D eigenvalue weighted by molar-refractivity contribution is 6.30. The molecule has 0 aliphatic rings. The molecule has 0 fully saturated rings. The topological polar surface area (TPSA) is 50.9 Å². The van der Waals surface area contributed by atoms with E-state index in [-0.39, 0.29) is 0 Å². The standard InChI is InChI=1S/C17H16ClN3/c1-11-7-14-15(10-20-11)16(19)5-6-17(14)21-9-12-3-2-4-13(18)8-12/h2-8,10,21H,9,19H2,1H3. The Morgan fingerprint density at radius 2 is 2.00 bits per heavy atom. The average Bonchev–Trinajstić information content (AvgIpc) is 2.46. The first-order chi connectivity index (χ1) is 10.1. The third kappa shape index (κ3) is 2.93. The first-order valence-corrected chi connectivity index (χ1v) is 7.14. The minimum Gasteiger partial charge on any atom is -0.398 e. The summed E-state index contributed by atoms with van der Waals surface area (Å²) in [7, 11) is 0. The molecule has 0 aliphatic heterocycles. The van der Waals surface area contributed by atoms with Gasteiger partial charge in [-0.05, 0) is 42.8 Å². The molecule has 0 radical (unpaired) electrons. The van der Waals surface area contributed by atoms with Gasteiger partial charge in [-0.15, -0.1) is 0 Å². The van der Waals surface area contributed by atoms with Gasteiger partial charge in [0, 0.05) is 45.6 Å². The number of nitrogens with two attached hydrogens (primary N) is 1. The molecule has 0 aliphatic carbocycles. The fourth-order valence-electron chi connectivity index (χ4n) is 2.36. The number of hydrogen-bond donors (Lipinski definition) is 2. The number of aromatic nitrogens is 1. The molecular weight excluding hydrogens is 282 g/mol. The van der Waals surface area contributed by atoms with Crippen LogP contribution in [0.25, 0.3) is 10.8 Å². The Bertz CT molecular complexity index is 799. The van der Waals surface area contributed by atoms with Crippen LogP contribution in [-0.2, 0) is 6.54 Å². The number of anilines is 2. The van der Waals surface area contributed by atoms with Gasteiger partial charge in [0.2, 0.25) is 0 Å². The number of fused-ring (bicyclic) bond motifs is 1. The van der Waals surface area contributed by atoms with E-state index in [9.17, 15) is 0 Å². The van der Waals surface area contributed by atoms with Gasteiger partial charge in [-0.3, -0.25) is 4.98 Å². The van der Waals surface area contributed by atoms with Crippen molar-refractivity contribution in [1.29, 1.82) is 0 Å². The van der Waals surface area contributed by atoms with Crippen molar-refractivity contribution in [2.45, 2.75) is 13.5 Å². The van der Waals surface area contributed by atoms with E-state index < -0.39 is 0 Å². The fraction of sp³-hybridized carbons (Fsp3) is 0.118. The second kappa shape index (κ2) is 5.62. The number of aryl methyl sites for hydroxylation is 1. The Hall–Kier alpha value is -2.26. The molecule has 2 aromatic carbocycles. The second-order valence-corrected chi connectivity index (χ2v) is 5.49. The number of halogens is 1. The Balaban J connectivity index is 1.94. The third-order valence-corrected chi connectivity index (χ3v) is 3.68. The zero-order valence-corrected chi connectivity index (χ0v) is 12.5. The van der Waals surface area contributed by atoms with Crippen molar-refractivity contribution in [2.75, 3.05) is 11.1 Å². The Morgan fingerprint density at radius 1 is 1.14 bits per heavy atom. The number of nitrogen functional groups attached to an aromatic ring is 1. The predicted octanol–water partition coefficient (Wildman–Crippen LogP) is 4.39. The van der Waals surface area contributed by atoms with Crippen LogP contribution in [-0.4, -0.2) is 4.98 Å². The van der Waals surface area contributed by atoms with Crippen molar-refractivity contribution in [3.8, 4) is 0 Å². The van der Waals surface area contributed by atoms with Crippen LogP contribution in [0.2, 0.25) is 5.02 Å². The van der Waals surface area contributed by atoms with Crippen molar-refractivity contribution in [2.24, 2.45) is 0 Å². The molecule has 0 spiro atoms. The number of hydrogen-bond acceptors (Lipinski definition) is 3. The molecule has 0 amide bonds. The van der Waals surface area contributed by atoms with Gasteiger partial charge in [-0.25, -0.2) is 0 Å². The van der Waals surface area contributed by atoms with Crippen LogP contribution in [0, 0.1) is 6.92 Å². The van der Waals surface area contributed by atoms with Crippen molar-refractivity contribution < 1.29 is 0 Å². The largest absolute Gasteiger partial charge is 0.398 e. The molecule has 0 saturated carbocycles. The molecule has 1 heterocycles. The summed E-state index contributed by atoms with van der Waals surface area (Å²) >= 11 is 6.01. The van der Waals surface area contributed by atoms with Gasteiger partial charge in [-0.1, -0.05) is 23.7 Å². The molecular formula is C17H16ClN3. The quantitative estimate of drug-likeness (QED) is 0.705. The van der Waals surface area contributed by atoms with Crippen LogP contribution in [0.1, 0.15) is 11.3 Å². The second-order valence-electron chi connectivity index (χ2n) is 5.06. The van der Waals surface area contributed by atoms with Gasteiger partial charge in [0.1, 0.15) is 0 Å². The van der Waals surface area contributed by atoms with Gasteiger partial charge in [0.25, 0.3) is 0 Å².